The molecule has 0 aromatic heterocycles. The Balaban J connectivity index is 2.68. The zero-order chi connectivity index (χ0) is 20.1. The van der Waals surface area contributed by atoms with Crippen LogP contribution in [0.25, 0.3) is 0 Å². The maximum Gasteiger partial charge on any atom is 0.333 e. The Labute approximate surface area is 155 Å². The van der Waals surface area contributed by atoms with Gasteiger partial charge in [-0.25, -0.2) is 4.79 Å². The highest BCUT2D eigenvalue weighted by Gasteiger charge is 2.40. The van der Waals surface area contributed by atoms with E-state index in [9.17, 15) is 14.4 Å². The first-order valence-electron chi connectivity index (χ1n) is 8.85. The highest BCUT2D eigenvalue weighted by Crippen LogP contribution is 2.31. The van der Waals surface area contributed by atoms with Crippen LogP contribution in [0.3, 0.4) is 0 Å². The van der Waals surface area contributed by atoms with Gasteiger partial charge in [0.15, 0.2) is 0 Å². The first kappa shape index (κ1) is 22.2. The van der Waals surface area contributed by atoms with Gasteiger partial charge in [-0.1, -0.05) is 6.58 Å². The maximum absolute atomic E-state index is 12.5. The summed E-state index contributed by atoms with van der Waals surface area (Å²) >= 11 is 0. The first-order chi connectivity index (χ1) is 11.8. The zero-order valence-electron chi connectivity index (χ0n) is 16.4. The molecule has 0 spiro atoms. The molecule has 1 heterocycles. The van der Waals surface area contributed by atoms with Crippen molar-refractivity contribution < 1.29 is 29.0 Å². The summed E-state index contributed by atoms with van der Waals surface area (Å²) in [5.41, 5.74) is -0.126. The van der Waals surface area contributed by atoms with Crippen LogP contribution in [0, 0.1) is 5.92 Å². The fraction of sp³-hybridized carbons (Fsp3) is 0.737. The third-order valence-corrected chi connectivity index (χ3v) is 4.24. The predicted molar refractivity (Wildman–Crippen MR) is 96.5 cm³/mol. The van der Waals surface area contributed by atoms with Crippen LogP contribution in [0.15, 0.2) is 12.2 Å². The van der Waals surface area contributed by atoms with Crippen molar-refractivity contribution in [3.63, 3.8) is 0 Å². The van der Waals surface area contributed by atoms with E-state index in [1.807, 2.05) is 27.7 Å². The Hall–Kier alpha value is -1.89. The fourth-order valence-corrected chi connectivity index (χ4v) is 3.50. The van der Waals surface area contributed by atoms with Crippen molar-refractivity contribution in [2.75, 3.05) is 6.61 Å². The van der Waals surface area contributed by atoms with Crippen LogP contribution in [0.1, 0.15) is 60.3 Å². The van der Waals surface area contributed by atoms with E-state index >= 15 is 0 Å². The van der Waals surface area contributed by atoms with Gasteiger partial charge >= 0.3 is 17.9 Å². The first-order valence-corrected chi connectivity index (χ1v) is 8.85. The summed E-state index contributed by atoms with van der Waals surface area (Å²) in [4.78, 5) is 35.0. The summed E-state index contributed by atoms with van der Waals surface area (Å²) in [6.45, 7) is 13.1. The third-order valence-electron chi connectivity index (χ3n) is 4.24. The SMILES string of the molecule is C=C(C)C(=O)OCCC(CC(=O)O)C(=O)OC1CC(C)(C)NC(C)(C)C1. The van der Waals surface area contributed by atoms with Gasteiger partial charge in [-0.15, -0.1) is 0 Å². The maximum atomic E-state index is 12.5. The fourth-order valence-electron chi connectivity index (χ4n) is 3.50. The van der Waals surface area contributed by atoms with Crippen LogP contribution >= 0.6 is 0 Å². The van der Waals surface area contributed by atoms with Gasteiger partial charge in [-0.2, -0.15) is 0 Å². The summed E-state index contributed by atoms with van der Waals surface area (Å²) in [7, 11) is 0. The molecule has 7 heteroatoms. The number of carbonyl (C=O) groups excluding carboxylic acids is 2. The summed E-state index contributed by atoms with van der Waals surface area (Å²) in [6.07, 6.45) is 0.741. The second-order valence-electron chi connectivity index (χ2n) is 8.36. The molecule has 0 bridgehead atoms. The molecule has 1 atom stereocenters. The number of carbonyl (C=O) groups is 3. The molecule has 0 radical (unpaired) electrons. The molecule has 0 aromatic rings. The van der Waals surface area contributed by atoms with Gasteiger partial charge in [0.1, 0.15) is 6.10 Å². The molecule has 26 heavy (non-hydrogen) atoms. The van der Waals surface area contributed by atoms with E-state index < -0.39 is 23.8 Å². The summed E-state index contributed by atoms with van der Waals surface area (Å²) < 4.78 is 10.6. The van der Waals surface area contributed by atoms with E-state index in [1.165, 1.54) is 6.92 Å². The molecule has 1 saturated heterocycles. The largest absolute Gasteiger partial charge is 0.481 e. The number of aliphatic carboxylic acids is 1. The second-order valence-corrected chi connectivity index (χ2v) is 8.36. The Morgan fingerprint density at radius 3 is 2.19 bits per heavy atom. The van der Waals surface area contributed by atoms with Crippen molar-refractivity contribution in [1.29, 1.82) is 0 Å². The molecule has 7 nitrogen and oxygen atoms in total. The minimum absolute atomic E-state index is 0.0536. The van der Waals surface area contributed by atoms with Crippen molar-refractivity contribution in [3.8, 4) is 0 Å². The molecule has 0 saturated carbocycles. The highest BCUT2D eigenvalue weighted by atomic mass is 16.5. The van der Waals surface area contributed by atoms with Gasteiger partial charge in [0.25, 0.3) is 0 Å². The smallest absolute Gasteiger partial charge is 0.333 e. The lowest BCUT2D eigenvalue weighted by Crippen LogP contribution is -2.59. The Kier molecular flexibility index (Phi) is 7.38. The summed E-state index contributed by atoms with van der Waals surface area (Å²) in [6, 6.07) is 0. The number of hydrogen-bond acceptors (Lipinski definition) is 6. The average Bonchev–Trinajstić information content (AvgIpc) is 2.41. The molecule has 0 aromatic carbocycles. The van der Waals surface area contributed by atoms with Crippen molar-refractivity contribution >= 4 is 17.9 Å². The molecule has 1 fully saturated rings. The summed E-state index contributed by atoms with van der Waals surface area (Å²) in [5.74, 6) is -3.07. The molecule has 1 aliphatic heterocycles. The summed E-state index contributed by atoms with van der Waals surface area (Å²) in [5, 5.41) is 12.6. The number of ether oxygens (including phenoxy) is 2. The monoisotopic (exact) mass is 369 g/mol. The molecule has 1 aliphatic rings. The van der Waals surface area contributed by atoms with Gasteiger partial charge < -0.3 is 19.9 Å². The van der Waals surface area contributed by atoms with E-state index in [0.29, 0.717) is 12.8 Å². The Morgan fingerprint density at radius 2 is 1.73 bits per heavy atom. The van der Waals surface area contributed by atoms with Gasteiger partial charge in [0.2, 0.25) is 0 Å². The topological polar surface area (TPSA) is 102 Å². The number of carboxylic acid groups (broad SMARTS) is 1. The van der Waals surface area contributed by atoms with Crippen LogP contribution in [-0.4, -0.2) is 46.8 Å². The lowest BCUT2D eigenvalue weighted by atomic mass is 9.81. The molecule has 2 N–H and O–H groups in total. The number of nitrogens with one attached hydrogen (secondary N) is 1. The molecule has 0 aliphatic carbocycles. The normalized spacial score (nSPS) is 20.0. The number of carboxylic acids is 1. The van der Waals surface area contributed by atoms with Crippen molar-refractivity contribution in [2.45, 2.75) is 77.5 Å². The van der Waals surface area contributed by atoms with E-state index in [0.717, 1.165) is 0 Å². The minimum atomic E-state index is -1.09. The van der Waals surface area contributed by atoms with Gasteiger partial charge in [-0.3, -0.25) is 9.59 Å². The Morgan fingerprint density at radius 1 is 1.19 bits per heavy atom. The molecule has 148 valence electrons. The average molecular weight is 369 g/mol. The van der Waals surface area contributed by atoms with Gasteiger partial charge in [0, 0.05) is 29.5 Å². The predicted octanol–water partition coefficient (Wildman–Crippen LogP) is 2.44. The zero-order valence-corrected chi connectivity index (χ0v) is 16.4. The van der Waals surface area contributed by atoms with Crippen molar-refractivity contribution in [3.05, 3.63) is 12.2 Å². The number of piperidine rings is 1. The van der Waals surface area contributed by atoms with Crippen LogP contribution < -0.4 is 5.32 Å². The van der Waals surface area contributed by atoms with Gasteiger partial charge in [0.05, 0.1) is 18.9 Å². The number of hydrogen-bond donors (Lipinski definition) is 2. The molecule has 0 amide bonds. The Bertz CT molecular complexity index is 550. The van der Waals surface area contributed by atoms with Crippen LogP contribution in [0.2, 0.25) is 0 Å². The molecular weight excluding hydrogens is 338 g/mol. The van der Waals surface area contributed by atoms with Crippen molar-refractivity contribution in [1.82, 2.24) is 5.32 Å². The van der Waals surface area contributed by atoms with Gasteiger partial charge in [-0.05, 0) is 41.0 Å². The van der Waals surface area contributed by atoms with E-state index in [2.05, 4.69) is 11.9 Å². The second kappa shape index (κ2) is 8.66. The van der Waals surface area contributed by atoms with E-state index in [4.69, 9.17) is 14.6 Å². The standard InChI is InChI=1S/C19H31NO6/c1-12(2)16(23)25-8-7-13(9-15(21)22)17(24)26-14-10-18(3,4)20-19(5,6)11-14/h13-14,20H,1,7-11H2,2-6H3,(H,21,22). The number of esters is 2. The van der Waals surface area contributed by atoms with Crippen molar-refractivity contribution in [2.24, 2.45) is 5.92 Å². The molecule has 1 rings (SSSR count). The van der Waals surface area contributed by atoms with Crippen LogP contribution in [-0.2, 0) is 23.9 Å². The lowest BCUT2D eigenvalue weighted by molar-refractivity contribution is -0.162. The third kappa shape index (κ3) is 7.56. The van der Waals surface area contributed by atoms with E-state index in [1.54, 1.807) is 0 Å². The lowest BCUT2D eigenvalue weighted by Gasteiger charge is -2.46. The molecular formula is C19H31NO6. The minimum Gasteiger partial charge on any atom is -0.481 e. The molecule has 1 unspecified atom stereocenters. The van der Waals surface area contributed by atoms with Crippen LogP contribution in [0.5, 0.6) is 0 Å². The van der Waals surface area contributed by atoms with E-state index in [-0.39, 0.29) is 42.2 Å². The number of rotatable bonds is 8. The highest BCUT2D eigenvalue weighted by molar-refractivity contribution is 5.87. The van der Waals surface area contributed by atoms with Crippen LogP contribution in [0.4, 0.5) is 0 Å². The quantitative estimate of drug-likeness (QED) is 0.500.